The highest BCUT2D eigenvalue weighted by Crippen LogP contribution is 2.07. The quantitative estimate of drug-likeness (QED) is 0.517. The van der Waals surface area contributed by atoms with Crippen molar-refractivity contribution in [3.8, 4) is 0 Å². The van der Waals surface area contributed by atoms with Crippen molar-refractivity contribution in [2.24, 2.45) is 5.92 Å². The lowest BCUT2D eigenvalue weighted by Gasteiger charge is -2.06. The Balaban J connectivity index is 1.94. The number of aryl methyl sites for hydroxylation is 1. The largest absolute Gasteiger partial charge is 0.399 e. The van der Waals surface area contributed by atoms with Crippen LogP contribution in [0.4, 0.5) is 5.69 Å². The van der Waals surface area contributed by atoms with Crippen LogP contribution in [0.5, 0.6) is 0 Å². The van der Waals surface area contributed by atoms with Crippen LogP contribution in [0.3, 0.4) is 0 Å². The summed E-state index contributed by atoms with van der Waals surface area (Å²) in [5, 5.41) is 3.52. The van der Waals surface area contributed by atoms with Crippen LogP contribution in [0, 0.1) is 5.92 Å². The molecule has 1 aromatic rings. The first-order valence-corrected chi connectivity index (χ1v) is 7.23. The van der Waals surface area contributed by atoms with Gasteiger partial charge in [-0.3, -0.25) is 0 Å². The van der Waals surface area contributed by atoms with Crippen molar-refractivity contribution in [1.82, 2.24) is 5.32 Å². The molecule has 0 saturated carbocycles. The molecule has 102 valence electrons. The second kappa shape index (κ2) is 8.98. The van der Waals surface area contributed by atoms with Gasteiger partial charge in [-0.1, -0.05) is 38.8 Å². The second-order valence-corrected chi connectivity index (χ2v) is 5.48. The fourth-order valence-corrected chi connectivity index (χ4v) is 2.03. The summed E-state index contributed by atoms with van der Waals surface area (Å²) in [6.07, 6.45) is 6.35. The first-order valence-electron chi connectivity index (χ1n) is 7.23. The SMILES string of the molecule is CC(C)CCCCNCCCc1ccc(N)cc1. The van der Waals surface area contributed by atoms with Crippen molar-refractivity contribution in [3.63, 3.8) is 0 Å². The van der Waals surface area contributed by atoms with Gasteiger partial charge in [-0.25, -0.2) is 0 Å². The average Bonchev–Trinajstić information content (AvgIpc) is 2.34. The van der Waals surface area contributed by atoms with E-state index in [1.165, 1.54) is 31.2 Å². The fourth-order valence-electron chi connectivity index (χ4n) is 2.03. The maximum atomic E-state index is 5.66. The summed E-state index contributed by atoms with van der Waals surface area (Å²) < 4.78 is 0. The molecule has 1 rings (SSSR count). The minimum absolute atomic E-state index is 0.843. The second-order valence-electron chi connectivity index (χ2n) is 5.48. The number of nitrogen functional groups attached to an aromatic ring is 1. The molecular weight excluding hydrogens is 220 g/mol. The molecular formula is C16H28N2. The maximum absolute atomic E-state index is 5.66. The molecule has 0 saturated heterocycles. The lowest BCUT2D eigenvalue weighted by molar-refractivity contribution is 0.518. The summed E-state index contributed by atoms with van der Waals surface area (Å²) >= 11 is 0. The minimum Gasteiger partial charge on any atom is -0.399 e. The van der Waals surface area contributed by atoms with E-state index in [0.29, 0.717) is 0 Å². The molecule has 18 heavy (non-hydrogen) atoms. The molecule has 0 radical (unpaired) electrons. The number of hydrogen-bond donors (Lipinski definition) is 2. The standard InChI is InChI=1S/C16H28N2/c1-14(2)6-3-4-12-18-13-5-7-15-8-10-16(17)11-9-15/h8-11,14,18H,3-7,12-13,17H2,1-2H3. The highest BCUT2D eigenvalue weighted by atomic mass is 14.8. The average molecular weight is 248 g/mol. The topological polar surface area (TPSA) is 38.0 Å². The van der Waals surface area contributed by atoms with Crippen molar-refractivity contribution in [3.05, 3.63) is 29.8 Å². The van der Waals surface area contributed by atoms with Gasteiger partial charge >= 0.3 is 0 Å². The summed E-state index contributed by atoms with van der Waals surface area (Å²) in [7, 11) is 0. The van der Waals surface area contributed by atoms with Gasteiger partial charge in [0.05, 0.1) is 0 Å². The number of benzene rings is 1. The third-order valence-electron chi connectivity index (χ3n) is 3.18. The molecule has 0 aliphatic rings. The lowest BCUT2D eigenvalue weighted by atomic mass is 10.1. The third-order valence-corrected chi connectivity index (χ3v) is 3.18. The van der Waals surface area contributed by atoms with Crippen molar-refractivity contribution in [1.29, 1.82) is 0 Å². The Kier molecular flexibility index (Phi) is 7.51. The Bertz CT molecular complexity index is 303. The van der Waals surface area contributed by atoms with Crippen molar-refractivity contribution in [2.45, 2.75) is 46.0 Å². The highest BCUT2D eigenvalue weighted by molar-refractivity contribution is 5.39. The normalized spacial score (nSPS) is 11.1. The van der Waals surface area contributed by atoms with Crippen LogP contribution >= 0.6 is 0 Å². The first-order chi connectivity index (χ1) is 8.68. The zero-order valence-corrected chi connectivity index (χ0v) is 11.9. The molecule has 0 aliphatic heterocycles. The molecule has 0 amide bonds. The highest BCUT2D eigenvalue weighted by Gasteiger charge is 1.95. The Morgan fingerprint density at radius 2 is 1.67 bits per heavy atom. The zero-order valence-electron chi connectivity index (χ0n) is 11.9. The Labute approximate surface area is 112 Å². The zero-order chi connectivity index (χ0) is 13.2. The van der Waals surface area contributed by atoms with E-state index in [2.05, 4.69) is 31.3 Å². The predicted molar refractivity (Wildman–Crippen MR) is 80.7 cm³/mol. The van der Waals surface area contributed by atoms with Gasteiger partial charge in [-0.05, 0) is 56.0 Å². The Hall–Kier alpha value is -1.02. The summed E-state index contributed by atoms with van der Waals surface area (Å²) in [5.74, 6) is 0.843. The van der Waals surface area contributed by atoms with Gasteiger partial charge < -0.3 is 11.1 Å². The number of nitrogens with one attached hydrogen (secondary N) is 1. The van der Waals surface area contributed by atoms with E-state index in [0.717, 1.165) is 31.1 Å². The maximum Gasteiger partial charge on any atom is 0.0314 e. The lowest BCUT2D eigenvalue weighted by Crippen LogP contribution is -2.17. The molecule has 2 nitrogen and oxygen atoms in total. The smallest absolute Gasteiger partial charge is 0.0314 e. The van der Waals surface area contributed by atoms with Gasteiger partial charge in [-0.15, -0.1) is 0 Å². The molecule has 0 atom stereocenters. The molecule has 0 aromatic heterocycles. The van der Waals surface area contributed by atoms with Crippen molar-refractivity contribution < 1.29 is 0 Å². The number of hydrogen-bond acceptors (Lipinski definition) is 2. The molecule has 0 aliphatic carbocycles. The third kappa shape index (κ3) is 7.33. The van der Waals surface area contributed by atoms with Crippen LogP contribution in [-0.4, -0.2) is 13.1 Å². The molecule has 2 heteroatoms. The molecule has 0 bridgehead atoms. The molecule has 3 N–H and O–H groups in total. The van der Waals surface area contributed by atoms with Gasteiger partial charge in [0.15, 0.2) is 0 Å². The van der Waals surface area contributed by atoms with E-state index in [1.54, 1.807) is 0 Å². The molecule has 0 heterocycles. The van der Waals surface area contributed by atoms with Crippen LogP contribution in [0.2, 0.25) is 0 Å². The van der Waals surface area contributed by atoms with E-state index in [9.17, 15) is 0 Å². The number of unbranched alkanes of at least 4 members (excludes halogenated alkanes) is 1. The molecule has 0 unspecified atom stereocenters. The van der Waals surface area contributed by atoms with Crippen molar-refractivity contribution in [2.75, 3.05) is 18.8 Å². The number of nitrogens with two attached hydrogens (primary N) is 1. The van der Waals surface area contributed by atoms with Crippen molar-refractivity contribution >= 4 is 5.69 Å². The Morgan fingerprint density at radius 3 is 2.33 bits per heavy atom. The van der Waals surface area contributed by atoms with Crippen LogP contribution in [0.1, 0.15) is 45.1 Å². The fraction of sp³-hybridized carbons (Fsp3) is 0.625. The number of anilines is 1. The van der Waals surface area contributed by atoms with E-state index in [1.807, 2.05) is 12.1 Å². The first kappa shape index (κ1) is 15.0. The predicted octanol–water partition coefficient (Wildman–Crippen LogP) is 3.62. The van der Waals surface area contributed by atoms with Crippen LogP contribution in [0.25, 0.3) is 0 Å². The van der Waals surface area contributed by atoms with E-state index >= 15 is 0 Å². The van der Waals surface area contributed by atoms with Crippen LogP contribution in [-0.2, 0) is 6.42 Å². The van der Waals surface area contributed by atoms with E-state index < -0.39 is 0 Å². The summed E-state index contributed by atoms with van der Waals surface area (Å²) in [6, 6.07) is 8.21. The van der Waals surface area contributed by atoms with Gasteiger partial charge in [-0.2, -0.15) is 0 Å². The molecule has 0 fully saturated rings. The monoisotopic (exact) mass is 248 g/mol. The summed E-state index contributed by atoms with van der Waals surface area (Å²) in [4.78, 5) is 0. The number of rotatable bonds is 9. The summed E-state index contributed by atoms with van der Waals surface area (Å²) in [6.45, 7) is 6.86. The van der Waals surface area contributed by atoms with Crippen LogP contribution in [0.15, 0.2) is 24.3 Å². The van der Waals surface area contributed by atoms with Gasteiger partial charge in [0, 0.05) is 5.69 Å². The van der Waals surface area contributed by atoms with E-state index in [4.69, 9.17) is 5.73 Å². The minimum atomic E-state index is 0.843. The molecule has 1 aromatic carbocycles. The van der Waals surface area contributed by atoms with Gasteiger partial charge in [0.25, 0.3) is 0 Å². The van der Waals surface area contributed by atoms with Gasteiger partial charge in [0.2, 0.25) is 0 Å². The summed E-state index contributed by atoms with van der Waals surface area (Å²) in [5.41, 5.74) is 7.89. The van der Waals surface area contributed by atoms with Gasteiger partial charge in [0.1, 0.15) is 0 Å². The molecule has 0 spiro atoms. The van der Waals surface area contributed by atoms with Crippen LogP contribution < -0.4 is 11.1 Å². The van der Waals surface area contributed by atoms with E-state index in [-0.39, 0.29) is 0 Å². The Morgan fingerprint density at radius 1 is 1.00 bits per heavy atom.